The second-order valence-electron chi connectivity index (χ2n) is 5.52. The molecule has 3 rings (SSSR count). The molecular weight excluding hydrogens is 320 g/mol. The highest BCUT2D eigenvalue weighted by Gasteiger charge is 2.25. The average Bonchev–Trinajstić information content (AvgIpc) is 2.80. The summed E-state index contributed by atoms with van der Waals surface area (Å²) in [5, 5.41) is 8.77. The second kappa shape index (κ2) is 7.49. The number of hydrogen-bond donors (Lipinski definition) is 0. The SMILES string of the molecule is N#Cc1ccc(COC(=O)CN2C(=O)CCOc3ccccc32)cc1. The van der Waals surface area contributed by atoms with E-state index < -0.39 is 5.97 Å². The predicted octanol–water partition coefficient (Wildman–Crippen LogP) is 2.42. The number of nitriles is 1. The van der Waals surface area contributed by atoms with Gasteiger partial charge in [-0.2, -0.15) is 5.26 Å². The summed E-state index contributed by atoms with van der Waals surface area (Å²) in [6.07, 6.45) is 0.206. The molecule has 6 nitrogen and oxygen atoms in total. The van der Waals surface area contributed by atoms with Crippen molar-refractivity contribution in [2.24, 2.45) is 0 Å². The van der Waals surface area contributed by atoms with Crippen LogP contribution in [0.1, 0.15) is 17.5 Å². The minimum atomic E-state index is -0.505. The zero-order valence-corrected chi connectivity index (χ0v) is 13.5. The van der Waals surface area contributed by atoms with Crippen LogP contribution in [0.25, 0.3) is 0 Å². The highest BCUT2D eigenvalue weighted by molar-refractivity contribution is 5.99. The lowest BCUT2D eigenvalue weighted by Gasteiger charge is -2.20. The van der Waals surface area contributed by atoms with E-state index >= 15 is 0 Å². The van der Waals surface area contributed by atoms with Gasteiger partial charge in [0.25, 0.3) is 0 Å². The van der Waals surface area contributed by atoms with Crippen LogP contribution in [0.4, 0.5) is 5.69 Å². The van der Waals surface area contributed by atoms with E-state index in [9.17, 15) is 9.59 Å². The summed E-state index contributed by atoms with van der Waals surface area (Å²) >= 11 is 0. The molecule has 1 aliphatic heterocycles. The molecule has 0 atom stereocenters. The molecule has 0 fully saturated rings. The average molecular weight is 336 g/mol. The lowest BCUT2D eigenvalue weighted by molar-refractivity contribution is -0.144. The van der Waals surface area contributed by atoms with Gasteiger partial charge in [0.15, 0.2) is 0 Å². The van der Waals surface area contributed by atoms with Gasteiger partial charge in [0, 0.05) is 0 Å². The van der Waals surface area contributed by atoms with E-state index in [0.717, 1.165) is 5.56 Å². The number of amides is 1. The maximum Gasteiger partial charge on any atom is 0.326 e. The van der Waals surface area contributed by atoms with E-state index in [2.05, 4.69) is 0 Å². The third-order valence-electron chi connectivity index (χ3n) is 3.80. The molecule has 0 spiro atoms. The third-order valence-corrected chi connectivity index (χ3v) is 3.80. The van der Waals surface area contributed by atoms with Gasteiger partial charge in [-0.3, -0.25) is 14.5 Å². The van der Waals surface area contributed by atoms with E-state index in [1.54, 1.807) is 42.5 Å². The zero-order chi connectivity index (χ0) is 17.6. The number of hydrogen-bond acceptors (Lipinski definition) is 5. The smallest absolute Gasteiger partial charge is 0.326 e. The third kappa shape index (κ3) is 3.96. The van der Waals surface area contributed by atoms with E-state index in [-0.39, 0.29) is 32.1 Å². The van der Waals surface area contributed by atoms with Crippen molar-refractivity contribution < 1.29 is 19.1 Å². The number of carbonyl (C=O) groups excluding carboxylic acids is 2. The molecule has 2 aromatic carbocycles. The van der Waals surface area contributed by atoms with Gasteiger partial charge < -0.3 is 9.47 Å². The fourth-order valence-electron chi connectivity index (χ4n) is 2.51. The molecule has 1 amide bonds. The lowest BCUT2D eigenvalue weighted by atomic mass is 10.2. The number of carbonyl (C=O) groups is 2. The summed E-state index contributed by atoms with van der Waals surface area (Å²) in [7, 11) is 0. The van der Waals surface area contributed by atoms with Gasteiger partial charge in [0.05, 0.1) is 30.3 Å². The van der Waals surface area contributed by atoms with E-state index in [4.69, 9.17) is 14.7 Å². The molecule has 0 unspecified atom stereocenters. The largest absolute Gasteiger partial charge is 0.491 e. The molecule has 126 valence electrons. The molecule has 0 saturated carbocycles. The van der Waals surface area contributed by atoms with Crippen LogP contribution in [0.15, 0.2) is 48.5 Å². The summed E-state index contributed by atoms with van der Waals surface area (Å²) in [6, 6.07) is 15.9. The number of benzene rings is 2. The standard InChI is InChI=1S/C19H16N2O4/c20-11-14-5-7-15(8-6-14)13-25-19(23)12-21-16-3-1-2-4-17(16)24-10-9-18(21)22/h1-8H,9-10,12-13H2. The first-order valence-electron chi connectivity index (χ1n) is 7.84. The van der Waals surface area contributed by atoms with E-state index in [0.29, 0.717) is 17.0 Å². The van der Waals surface area contributed by atoms with Gasteiger partial charge in [-0.1, -0.05) is 24.3 Å². The number of ether oxygens (including phenoxy) is 2. The summed E-state index contributed by atoms with van der Waals surface area (Å²) < 4.78 is 10.8. The van der Waals surface area contributed by atoms with Crippen molar-refractivity contribution in [2.75, 3.05) is 18.1 Å². The fourth-order valence-corrected chi connectivity index (χ4v) is 2.51. The molecule has 1 heterocycles. The first-order chi connectivity index (χ1) is 12.2. The summed E-state index contributed by atoms with van der Waals surface area (Å²) in [5.74, 6) is -0.108. The number of anilines is 1. The Kier molecular flexibility index (Phi) is 4.95. The zero-order valence-electron chi connectivity index (χ0n) is 13.5. The van der Waals surface area contributed by atoms with Crippen molar-refractivity contribution in [2.45, 2.75) is 13.0 Å². The Hall–Kier alpha value is -3.33. The number of fused-ring (bicyclic) bond motifs is 1. The summed E-state index contributed by atoms with van der Waals surface area (Å²) in [5.41, 5.74) is 1.89. The Morgan fingerprint density at radius 1 is 1.20 bits per heavy atom. The van der Waals surface area contributed by atoms with E-state index in [1.165, 1.54) is 4.90 Å². The van der Waals surface area contributed by atoms with Crippen LogP contribution in [0, 0.1) is 11.3 Å². The number of nitrogens with zero attached hydrogens (tertiary/aromatic N) is 2. The fraction of sp³-hybridized carbons (Fsp3) is 0.211. The van der Waals surface area contributed by atoms with Crippen LogP contribution in [-0.4, -0.2) is 25.0 Å². The first kappa shape index (κ1) is 16.5. The maximum atomic E-state index is 12.3. The van der Waals surface area contributed by atoms with Crippen molar-refractivity contribution >= 4 is 17.6 Å². The van der Waals surface area contributed by atoms with Gasteiger partial charge in [-0.25, -0.2) is 0 Å². The normalized spacial score (nSPS) is 13.2. The minimum absolute atomic E-state index is 0.0880. The van der Waals surface area contributed by atoms with Crippen molar-refractivity contribution in [3.63, 3.8) is 0 Å². The van der Waals surface area contributed by atoms with Crippen LogP contribution < -0.4 is 9.64 Å². The molecule has 6 heteroatoms. The Morgan fingerprint density at radius 2 is 1.96 bits per heavy atom. The van der Waals surface area contributed by atoms with Gasteiger partial charge in [0.2, 0.25) is 5.91 Å². The molecule has 0 aliphatic carbocycles. The molecule has 1 aliphatic rings. The van der Waals surface area contributed by atoms with E-state index in [1.807, 2.05) is 12.1 Å². The topological polar surface area (TPSA) is 79.6 Å². The molecule has 0 aromatic heterocycles. The summed E-state index contributed by atoms with van der Waals surface area (Å²) in [4.78, 5) is 25.8. The van der Waals surface area contributed by atoms with Crippen LogP contribution in [0.2, 0.25) is 0 Å². The Morgan fingerprint density at radius 3 is 2.72 bits per heavy atom. The highest BCUT2D eigenvalue weighted by atomic mass is 16.5. The quantitative estimate of drug-likeness (QED) is 0.801. The molecule has 0 radical (unpaired) electrons. The molecule has 0 N–H and O–H groups in total. The predicted molar refractivity (Wildman–Crippen MR) is 89.9 cm³/mol. The Bertz CT molecular complexity index is 824. The lowest BCUT2D eigenvalue weighted by Crippen LogP contribution is -2.36. The molecule has 0 bridgehead atoms. The van der Waals surface area contributed by atoms with Crippen LogP contribution in [-0.2, 0) is 20.9 Å². The van der Waals surface area contributed by atoms with Crippen LogP contribution in [0.3, 0.4) is 0 Å². The number of rotatable bonds is 4. The molecule has 2 aromatic rings. The molecule has 0 saturated heterocycles. The number of para-hydroxylation sites is 2. The maximum absolute atomic E-state index is 12.3. The first-order valence-corrected chi connectivity index (χ1v) is 7.84. The minimum Gasteiger partial charge on any atom is -0.491 e. The summed E-state index contributed by atoms with van der Waals surface area (Å²) in [6.45, 7) is 0.201. The van der Waals surface area contributed by atoms with Crippen LogP contribution in [0.5, 0.6) is 5.75 Å². The van der Waals surface area contributed by atoms with Crippen molar-refractivity contribution in [3.8, 4) is 11.8 Å². The monoisotopic (exact) mass is 336 g/mol. The van der Waals surface area contributed by atoms with Gasteiger partial charge in [0.1, 0.15) is 18.9 Å². The van der Waals surface area contributed by atoms with Gasteiger partial charge >= 0.3 is 5.97 Å². The highest BCUT2D eigenvalue weighted by Crippen LogP contribution is 2.30. The van der Waals surface area contributed by atoms with Crippen molar-refractivity contribution in [3.05, 3.63) is 59.7 Å². The van der Waals surface area contributed by atoms with Crippen molar-refractivity contribution in [1.82, 2.24) is 0 Å². The Balaban J connectivity index is 1.65. The van der Waals surface area contributed by atoms with Gasteiger partial charge in [-0.05, 0) is 29.8 Å². The Labute approximate surface area is 145 Å². The molecular formula is C19H16N2O4. The van der Waals surface area contributed by atoms with Gasteiger partial charge in [-0.15, -0.1) is 0 Å². The van der Waals surface area contributed by atoms with Crippen LogP contribution >= 0.6 is 0 Å². The second-order valence-corrected chi connectivity index (χ2v) is 5.52. The molecule has 25 heavy (non-hydrogen) atoms. The number of esters is 1. The van der Waals surface area contributed by atoms with Crippen molar-refractivity contribution in [1.29, 1.82) is 5.26 Å².